The van der Waals surface area contributed by atoms with Crippen LogP contribution in [0.5, 0.6) is 0 Å². The van der Waals surface area contributed by atoms with Gasteiger partial charge in [0, 0.05) is 25.0 Å². The predicted molar refractivity (Wildman–Crippen MR) is 116 cm³/mol. The van der Waals surface area contributed by atoms with Crippen molar-refractivity contribution >= 4 is 39.2 Å². The molecule has 1 amide bonds. The third-order valence-electron chi connectivity index (χ3n) is 5.34. The maximum absolute atomic E-state index is 13.1. The van der Waals surface area contributed by atoms with Crippen molar-refractivity contribution in [1.29, 1.82) is 0 Å². The van der Waals surface area contributed by atoms with Crippen LogP contribution in [0.25, 0.3) is 20.7 Å². The minimum atomic E-state index is -0.0142. The topological polar surface area (TPSA) is 55.2 Å². The molecule has 28 heavy (non-hydrogen) atoms. The van der Waals surface area contributed by atoms with Gasteiger partial charge in [-0.3, -0.25) is 14.2 Å². The number of aryl methyl sites for hydroxylation is 2. The van der Waals surface area contributed by atoms with Crippen LogP contribution in [0.3, 0.4) is 0 Å². The summed E-state index contributed by atoms with van der Waals surface area (Å²) in [5.41, 5.74) is 3.67. The highest BCUT2D eigenvalue weighted by Crippen LogP contribution is 2.42. The SMILES string of the molecule is CCN(CC)C(=O)CSc1nc2sc3c(c2c(=O)n1C)CCc1ccccc1-3. The van der Waals surface area contributed by atoms with Gasteiger partial charge in [-0.2, -0.15) is 0 Å². The molecule has 1 aliphatic rings. The summed E-state index contributed by atoms with van der Waals surface area (Å²) < 4.78 is 1.59. The maximum Gasteiger partial charge on any atom is 0.262 e. The average molecular weight is 414 g/mol. The van der Waals surface area contributed by atoms with Crippen molar-refractivity contribution in [3.63, 3.8) is 0 Å². The van der Waals surface area contributed by atoms with Crippen LogP contribution in [-0.2, 0) is 24.7 Å². The van der Waals surface area contributed by atoms with Crippen LogP contribution in [0, 0.1) is 0 Å². The van der Waals surface area contributed by atoms with Gasteiger partial charge in [0.05, 0.1) is 11.1 Å². The van der Waals surface area contributed by atoms with Crippen molar-refractivity contribution in [3.05, 3.63) is 45.7 Å². The highest BCUT2D eigenvalue weighted by atomic mass is 32.2. The fourth-order valence-corrected chi connectivity index (χ4v) is 5.97. The largest absolute Gasteiger partial charge is 0.343 e. The highest BCUT2D eigenvalue weighted by molar-refractivity contribution is 7.99. The summed E-state index contributed by atoms with van der Waals surface area (Å²) in [5.74, 6) is 0.366. The van der Waals surface area contributed by atoms with Gasteiger partial charge < -0.3 is 4.90 Å². The Kier molecular flexibility index (Phi) is 5.29. The quantitative estimate of drug-likeness (QED) is 0.473. The Labute approximate surface area is 172 Å². The van der Waals surface area contributed by atoms with Crippen molar-refractivity contribution < 1.29 is 4.79 Å². The number of thioether (sulfide) groups is 1. The normalized spacial score (nSPS) is 12.7. The van der Waals surface area contributed by atoms with E-state index in [1.54, 1.807) is 27.9 Å². The summed E-state index contributed by atoms with van der Waals surface area (Å²) in [6.45, 7) is 5.33. The minimum Gasteiger partial charge on any atom is -0.343 e. The number of thiophene rings is 1. The molecular weight excluding hydrogens is 390 g/mol. The average Bonchev–Trinajstić information content (AvgIpc) is 3.09. The third-order valence-corrected chi connectivity index (χ3v) is 7.51. The second-order valence-electron chi connectivity index (χ2n) is 6.86. The zero-order chi connectivity index (χ0) is 19.8. The van der Waals surface area contributed by atoms with E-state index in [1.165, 1.54) is 27.8 Å². The van der Waals surface area contributed by atoms with E-state index < -0.39 is 0 Å². The molecule has 0 atom stereocenters. The molecule has 2 aromatic heterocycles. The van der Waals surface area contributed by atoms with Crippen molar-refractivity contribution in [3.8, 4) is 10.4 Å². The van der Waals surface area contributed by atoms with Crippen molar-refractivity contribution in [2.75, 3.05) is 18.8 Å². The van der Waals surface area contributed by atoms with Crippen LogP contribution >= 0.6 is 23.1 Å². The Morgan fingerprint density at radius 3 is 2.75 bits per heavy atom. The molecule has 0 bridgehead atoms. The number of aromatic nitrogens is 2. The standard InChI is InChI=1S/C21H23N3O2S2/c1-4-24(5-2)16(25)12-27-21-22-19-17(20(26)23(21)3)15-11-10-13-8-6-7-9-14(13)18(15)28-19/h6-9H,4-5,10-12H2,1-3H3. The van der Waals surface area contributed by atoms with Gasteiger partial charge in [-0.25, -0.2) is 4.98 Å². The molecule has 2 heterocycles. The second kappa shape index (κ2) is 7.72. The van der Waals surface area contributed by atoms with Crippen LogP contribution in [-0.4, -0.2) is 39.2 Å². The Morgan fingerprint density at radius 2 is 2.00 bits per heavy atom. The van der Waals surface area contributed by atoms with E-state index in [1.807, 2.05) is 19.9 Å². The molecule has 3 aromatic rings. The number of rotatable bonds is 5. The second-order valence-corrected chi connectivity index (χ2v) is 8.80. The van der Waals surface area contributed by atoms with E-state index in [4.69, 9.17) is 4.98 Å². The summed E-state index contributed by atoms with van der Waals surface area (Å²) in [6, 6.07) is 8.40. The van der Waals surface area contributed by atoms with Gasteiger partial charge in [-0.05, 0) is 43.4 Å². The van der Waals surface area contributed by atoms with Gasteiger partial charge in [-0.1, -0.05) is 36.0 Å². The molecule has 0 radical (unpaired) electrons. The molecule has 5 nitrogen and oxygen atoms in total. The van der Waals surface area contributed by atoms with E-state index >= 15 is 0 Å². The monoisotopic (exact) mass is 413 g/mol. The number of nitrogens with zero attached hydrogens (tertiary/aromatic N) is 3. The Bertz CT molecular complexity index is 1110. The highest BCUT2D eigenvalue weighted by Gasteiger charge is 2.24. The number of fused-ring (bicyclic) bond motifs is 5. The van der Waals surface area contributed by atoms with Gasteiger partial charge in [0.25, 0.3) is 5.56 Å². The molecule has 1 aliphatic carbocycles. The lowest BCUT2D eigenvalue weighted by Gasteiger charge is -2.18. The molecule has 7 heteroatoms. The number of hydrogen-bond acceptors (Lipinski definition) is 5. The van der Waals surface area contributed by atoms with Crippen LogP contribution in [0.15, 0.2) is 34.2 Å². The van der Waals surface area contributed by atoms with E-state index in [2.05, 4.69) is 18.2 Å². The smallest absolute Gasteiger partial charge is 0.262 e. The van der Waals surface area contributed by atoms with Crippen molar-refractivity contribution in [1.82, 2.24) is 14.5 Å². The number of benzene rings is 1. The summed E-state index contributed by atoms with van der Waals surface area (Å²) in [7, 11) is 1.75. The number of carbonyl (C=O) groups excluding carboxylic acids is 1. The minimum absolute atomic E-state index is 0.0142. The summed E-state index contributed by atoms with van der Waals surface area (Å²) in [5, 5.41) is 1.35. The first-order chi connectivity index (χ1) is 13.5. The summed E-state index contributed by atoms with van der Waals surface area (Å²) >= 11 is 2.94. The van der Waals surface area contributed by atoms with E-state index in [9.17, 15) is 9.59 Å². The van der Waals surface area contributed by atoms with Crippen LogP contribution < -0.4 is 5.56 Å². The molecule has 146 valence electrons. The summed E-state index contributed by atoms with van der Waals surface area (Å²) in [4.78, 5) is 33.9. The molecule has 0 unspecified atom stereocenters. The molecule has 0 saturated carbocycles. The Balaban J connectivity index is 1.74. The lowest BCUT2D eigenvalue weighted by Crippen LogP contribution is -2.32. The molecule has 0 N–H and O–H groups in total. The number of carbonyl (C=O) groups is 1. The molecular formula is C21H23N3O2S2. The van der Waals surface area contributed by atoms with Crippen molar-refractivity contribution in [2.45, 2.75) is 31.8 Å². The molecule has 0 saturated heterocycles. The Hall–Kier alpha value is -2.12. The number of hydrogen-bond donors (Lipinski definition) is 0. The molecule has 4 rings (SSSR count). The third kappa shape index (κ3) is 3.16. The van der Waals surface area contributed by atoms with E-state index in [-0.39, 0.29) is 11.5 Å². The van der Waals surface area contributed by atoms with Gasteiger partial charge in [0.15, 0.2) is 5.16 Å². The Morgan fingerprint density at radius 1 is 1.25 bits per heavy atom. The lowest BCUT2D eigenvalue weighted by atomic mass is 9.90. The summed E-state index contributed by atoms with van der Waals surface area (Å²) in [6.07, 6.45) is 1.82. The van der Waals surface area contributed by atoms with E-state index in [0.717, 1.165) is 28.6 Å². The molecule has 1 aromatic carbocycles. The van der Waals surface area contributed by atoms with Gasteiger partial charge in [0.1, 0.15) is 4.83 Å². The first kappa shape index (κ1) is 19.2. The predicted octanol–water partition coefficient (Wildman–Crippen LogP) is 3.72. The fraction of sp³-hybridized carbons (Fsp3) is 0.381. The molecule has 0 fully saturated rings. The maximum atomic E-state index is 13.1. The van der Waals surface area contributed by atoms with Crippen LogP contribution in [0.1, 0.15) is 25.0 Å². The first-order valence-corrected chi connectivity index (χ1v) is 11.4. The zero-order valence-electron chi connectivity index (χ0n) is 16.3. The van der Waals surface area contributed by atoms with Crippen LogP contribution in [0.4, 0.5) is 0 Å². The fourth-order valence-electron chi connectivity index (χ4n) is 3.77. The first-order valence-electron chi connectivity index (χ1n) is 9.56. The molecule has 0 aliphatic heterocycles. The van der Waals surface area contributed by atoms with Gasteiger partial charge in [-0.15, -0.1) is 11.3 Å². The lowest BCUT2D eigenvalue weighted by molar-refractivity contribution is -0.127. The van der Waals surface area contributed by atoms with Crippen LogP contribution in [0.2, 0.25) is 0 Å². The van der Waals surface area contributed by atoms with E-state index in [0.29, 0.717) is 24.0 Å². The zero-order valence-corrected chi connectivity index (χ0v) is 18.0. The van der Waals surface area contributed by atoms with Gasteiger partial charge >= 0.3 is 0 Å². The molecule has 0 spiro atoms. The van der Waals surface area contributed by atoms with Gasteiger partial charge in [0.2, 0.25) is 5.91 Å². The van der Waals surface area contributed by atoms with Crippen molar-refractivity contribution in [2.24, 2.45) is 7.05 Å². The number of amides is 1.